The van der Waals surface area contributed by atoms with Gasteiger partial charge in [-0.05, 0) is 38.1 Å². The fourth-order valence-electron chi connectivity index (χ4n) is 3.22. The number of ether oxygens (including phenoxy) is 2. The van der Waals surface area contributed by atoms with Crippen LogP contribution in [0.25, 0.3) is 10.8 Å². The third-order valence-corrected chi connectivity index (χ3v) is 5.86. The lowest BCUT2D eigenvalue weighted by Crippen LogP contribution is -2.15. The molecule has 0 aliphatic heterocycles. The molecule has 0 atom stereocenters. The van der Waals surface area contributed by atoms with Gasteiger partial charge in [0, 0.05) is 36.6 Å². The first-order valence-corrected chi connectivity index (χ1v) is 11.0. The average Bonchev–Trinajstić information content (AvgIpc) is 2.69. The van der Waals surface area contributed by atoms with E-state index in [1.54, 1.807) is 30.3 Å². The van der Waals surface area contributed by atoms with Gasteiger partial charge in [0.15, 0.2) is 0 Å². The number of nitrogens with one attached hydrogen (secondary N) is 1. The normalized spacial score (nSPS) is 11.3. The van der Waals surface area contributed by atoms with Crippen molar-refractivity contribution in [3.8, 4) is 11.5 Å². The molecule has 0 amide bonds. The maximum atomic E-state index is 13.3. The first kappa shape index (κ1) is 20.8. The minimum atomic E-state index is -3.86. The Balaban J connectivity index is 2.09. The Labute approximate surface area is 172 Å². The molecule has 29 heavy (non-hydrogen) atoms. The van der Waals surface area contributed by atoms with Gasteiger partial charge in [0.2, 0.25) is 0 Å². The summed E-state index contributed by atoms with van der Waals surface area (Å²) >= 11 is 0. The van der Waals surface area contributed by atoms with Crippen LogP contribution < -0.4 is 19.1 Å². The summed E-state index contributed by atoms with van der Waals surface area (Å²) in [5, 5.41) is 1.53. The van der Waals surface area contributed by atoms with Gasteiger partial charge in [-0.25, -0.2) is 8.42 Å². The zero-order valence-corrected chi connectivity index (χ0v) is 17.9. The number of benzene rings is 3. The van der Waals surface area contributed by atoms with E-state index in [1.165, 1.54) is 0 Å². The van der Waals surface area contributed by atoms with Crippen LogP contribution in [-0.2, 0) is 10.0 Å². The summed E-state index contributed by atoms with van der Waals surface area (Å²) in [5.41, 5.74) is 1.30. The molecule has 154 valence electrons. The third-order valence-electron chi connectivity index (χ3n) is 4.44. The van der Waals surface area contributed by atoms with Crippen molar-refractivity contribution < 1.29 is 17.9 Å². The van der Waals surface area contributed by atoms with Crippen molar-refractivity contribution in [1.29, 1.82) is 0 Å². The highest BCUT2D eigenvalue weighted by Gasteiger charge is 2.21. The van der Waals surface area contributed by atoms with Crippen LogP contribution in [0.15, 0.2) is 59.5 Å². The molecule has 0 radical (unpaired) electrons. The van der Waals surface area contributed by atoms with Crippen LogP contribution >= 0.6 is 0 Å². The SMILES string of the molecule is CCOc1ccc(OCC)c(NS(=O)(=O)c2cccc3c(N(C)C)cccc23)c1. The van der Waals surface area contributed by atoms with Crippen LogP contribution in [0.1, 0.15) is 13.8 Å². The van der Waals surface area contributed by atoms with E-state index in [4.69, 9.17) is 9.47 Å². The summed E-state index contributed by atoms with van der Waals surface area (Å²) < 4.78 is 40.4. The van der Waals surface area contributed by atoms with Crippen LogP contribution in [0.3, 0.4) is 0 Å². The second kappa shape index (κ2) is 8.61. The van der Waals surface area contributed by atoms with E-state index >= 15 is 0 Å². The van der Waals surface area contributed by atoms with E-state index in [-0.39, 0.29) is 4.90 Å². The highest BCUT2D eigenvalue weighted by molar-refractivity contribution is 7.93. The fourth-order valence-corrected chi connectivity index (χ4v) is 4.50. The van der Waals surface area contributed by atoms with E-state index in [1.807, 2.05) is 57.1 Å². The summed E-state index contributed by atoms with van der Waals surface area (Å²) in [6, 6.07) is 16.0. The lowest BCUT2D eigenvalue weighted by Gasteiger charge is -2.18. The first-order valence-electron chi connectivity index (χ1n) is 9.49. The van der Waals surface area contributed by atoms with Gasteiger partial charge >= 0.3 is 0 Å². The van der Waals surface area contributed by atoms with Gasteiger partial charge < -0.3 is 14.4 Å². The van der Waals surface area contributed by atoms with Crippen molar-refractivity contribution in [3.05, 3.63) is 54.6 Å². The molecule has 0 fully saturated rings. The fraction of sp³-hybridized carbons (Fsp3) is 0.273. The Morgan fingerprint density at radius 1 is 0.897 bits per heavy atom. The van der Waals surface area contributed by atoms with E-state index in [9.17, 15) is 8.42 Å². The molecule has 3 rings (SSSR count). The van der Waals surface area contributed by atoms with Crippen molar-refractivity contribution in [2.24, 2.45) is 0 Å². The molecule has 0 unspecified atom stereocenters. The molecule has 0 heterocycles. The maximum Gasteiger partial charge on any atom is 0.262 e. The van der Waals surface area contributed by atoms with Crippen molar-refractivity contribution in [1.82, 2.24) is 0 Å². The molecule has 0 aliphatic rings. The number of anilines is 2. The molecular weight excluding hydrogens is 388 g/mol. The summed E-state index contributed by atoms with van der Waals surface area (Å²) in [6.07, 6.45) is 0. The summed E-state index contributed by atoms with van der Waals surface area (Å²) in [6.45, 7) is 4.63. The summed E-state index contributed by atoms with van der Waals surface area (Å²) in [7, 11) is 0.00568. The number of hydrogen-bond acceptors (Lipinski definition) is 5. The Bertz CT molecular complexity index is 1110. The van der Waals surface area contributed by atoms with Crippen molar-refractivity contribution in [2.45, 2.75) is 18.7 Å². The Morgan fingerprint density at radius 3 is 2.28 bits per heavy atom. The third kappa shape index (κ3) is 4.40. The standard InChI is InChI=1S/C22H26N2O4S/c1-5-27-16-13-14-21(28-6-2)19(15-16)23-29(25,26)22-12-8-9-17-18(22)10-7-11-20(17)24(3)4/h7-15,23H,5-6H2,1-4H3. The zero-order chi connectivity index (χ0) is 21.0. The summed E-state index contributed by atoms with van der Waals surface area (Å²) in [4.78, 5) is 2.17. The van der Waals surface area contributed by atoms with E-state index < -0.39 is 10.0 Å². The Morgan fingerprint density at radius 2 is 1.59 bits per heavy atom. The second-order valence-corrected chi connectivity index (χ2v) is 8.30. The highest BCUT2D eigenvalue weighted by Crippen LogP contribution is 2.34. The van der Waals surface area contributed by atoms with Gasteiger partial charge in [-0.1, -0.05) is 24.3 Å². The van der Waals surface area contributed by atoms with Gasteiger partial charge in [0.1, 0.15) is 11.5 Å². The topological polar surface area (TPSA) is 67.9 Å². The molecule has 0 aliphatic carbocycles. The minimum absolute atomic E-state index is 0.211. The van der Waals surface area contributed by atoms with Gasteiger partial charge in [-0.2, -0.15) is 0 Å². The van der Waals surface area contributed by atoms with Gasteiger partial charge in [0.05, 0.1) is 23.8 Å². The highest BCUT2D eigenvalue weighted by atomic mass is 32.2. The molecular formula is C22H26N2O4S. The monoisotopic (exact) mass is 414 g/mol. The number of fused-ring (bicyclic) bond motifs is 1. The van der Waals surface area contributed by atoms with E-state index in [0.717, 1.165) is 11.1 Å². The molecule has 0 aromatic heterocycles. The van der Waals surface area contributed by atoms with E-state index in [2.05, 4.69) is 4.72 Å². The molecule has 3 aromatic carbocycles. The molecule has 0 bridgehead atoms. The molecule has 0 saturated carbocycles. The predicted octanol–water partition coefficient (Wildman–Crippen LogP) is 4.50. The van der Waals surface area contributed by atoms with E-state index in [0.29, 0.717) is 35.8 Å². The Hall–Kier alpha value is -2.93. The molecule has 7 heteroatoms. The van der Waals surface area contributed by atoms with Crippen molar-refractivity contribution >= 4 is 32.2 Å². The number of rotatable bonds is 8. The molecule has 3 aromatic rings. The van der Waals surface area contributed by atoms with Crippen LogP contribution in [0.5, 0.6) is 11.5 Å². The van der Waals surface area contributed by atoms with Gasteiger partial charge in [-0.3, -0.25) is 4.72 Å². The number of nitrogens with zero attached hydrogens (tertiary/aromatic N) is 1. The molecule has 0 saturated heterocycles. The average molecular weight is 415 g/mol. The lowest BCUT2D eigenvalue weighted by atomic mass is 10.1. The molecule has 6 nitrogen and oxygen atoms in total. The second-order valence-electron chi connectivity index (χ2n) is 6.65. The van der Waals surface area contributed by atoms with Crippen LogP contribution in [0, 0.1) is 0 Å². The van der Waals surface area contributed by atoms with Crippen LogP contribution in [-0.4, -0.2) is 35.7 Å². The first-order chi connectivity index (χ1) is 13.9. The Kier molecular flexibility index (Phi) is 6.17. The van der Waals surface area contributed by atoms with Gasteiger partial charge in [-0.15, -0.1) is 0 Å². The van der Waals surface area contributed by atoms with Gasteiger partial charge in [0.25, 0.3) is 10.0 Å². The maximum absolute atomic E-state index is 13.3. The van der Waals surface area contributed by atoms with Crippen molar-refractivity contribution in [3.63, 3.8) is 0 Å². The quantitative estimate of drug-likeness (QED) is 0.588. The molecule has 0 spiro atoms. The number of hydrogen-bond donors (Lipinski definition) is 1. The lowest BCUT2D eigenvalue weighted by molar-refractivity contribution is 0.332. The van der Waals surface area contributed by atoms with Crippen LogP contribution in [0.4, 0.5) is 11.4 Å². The predicted molar refractivity (Wildman–Crippen MR) is 118 cm³/mol. The molecule has 1 N–H and O–H groups in total. The largest absolute Gasteiger partial charge is 0.494 e. The number of sulfonamides is 1. The van der Waals surface area contributed by atoms with Crippen molar-refractivity contribution in [2.75, 3.05) is 36.9 Å². The minimum Gasteiger partial charge on any atom is -0.494 e. The van der Waals surface area contributed by atoms with Crippen LogP contribution in [0.2, 0.25) is 0 Å². The zero-order valence-electron chi connectivity index (χ0n) is 17.1. The summed E-state index contributed by atoms with van der Waals surface area (Å²) in [5.74, 6) is 1.02. The smallest absolute Gasteiger partial charge is 0.262 e.